The molecule has 0 spiro atoms. The smallest absolute Gasteiger partial charge is 0.298 e. The van der Waals surface area contributed by atoms with Gasteiger partial charge in [-0.3, -0.25) is 4.90 Å². The van der Waals surface area contributed by atoms with Crippen LogP contribution in [-0.4, -0.2) is 60.5 Å². The van der Waals surface area contributed by atoms with Gasteiger partial charge >= 0.3 is 0 Å². The van der Waals surface area contributed by atoms with Crippen LogP contribution in [0.1, 0.15) is 33.6 Å². The van der Waals surface area contributed by atoms with E-state index in [1.54, 1.807) is 6.20 Å². The van der Waals surface area contributed by atoms with Crippen LogP contribution in [0.25, 0.3) is 11.4 Å². The van der Waals surface area contributed by atoms with Crippen molar-refractivity contribution < 1.29 is 8.84 Å². The normalized spacial score (nSPS) is 19.6. The lowest BCUT2D eigenvalue weighted by molar-refractivity contribution is 0.168. The summed E-state index contributed by atoms with van der Waals surface area (Å²) in [7, 11) is -1.68. The highest BCUT2D eigenvalue weighted by atomic mass is 79.9. The predicted octanol–water partition coefficient (Wildman–Crippen LogP) is 4.28. The summed E-state index contributed by atoms with van der Waals surface area (Å²) in [5, 5.41) is 3.66. The van der Waals surface area contributed by atoms with Gasteiger partial charge in [-0.05, 0) is 53.4 Å². The number of halogens is 1. The molecule has 1 N–H and O–H groups in total. The minimum atomic E-state index is -1.68. The van der Waals surface area contributed by atoms with Crippen LogP contribution in [0, 0.1) is 0 Å². The summed E-state index contributed by atoms with van der Waals surface area (Å²) in [6.45, 7) is 15.3. The Kier molecular flexibility index (Phi) is 6.24. The first kappa shape index (κ1) is 20.7. The number of oxazole rings is 1. The second kappa shape index (κ2) is 8.14. The Morgan fingerprint density at radius 2 is 2.15 bits per heavy atom. The van der Waals surface area contributed by atoms with E-state index in [9.17, 15) is 0 Å². The Bertz CT molecular complexity index is 777. The van der Waals surface area contributed by atoms with Crippen molar-refractivity contribution in [2.45, 2.75) is 57.8 Å². The molecule has 0 saturated carbocycles. The minimum absolute atomic E-state index is 0.253. The fourth-order valence-corrected chi connectivity index (χ4v) is 4.27. The Balaban J connectivity index is 1.51. The molecule has 9 heteroatoms. The summed E-state index contributed by atoms with van der Waals surface area (Å²) in [6.07, 6.45) is 3.87. The number of hydrogen-bond acceptors (Lipinski definition) is 7. The molecule has 2 aromatic rings. The molecule has 1 fully saturated rings. The molecule has 1 atom stereocenters. The molecule has 0 radical (unpaired) electrons. The molecule has 0 aromatic carbocycles. The van der Waals surface area contributed by atoms with Gasteiger partial charge in [0.15, 0.2) is 8.32 Å². The molecule has 2 aromatic heterocycles. The van der Waals surface area contributed by atoms with Crippen LogP contribution >= 0.6 is 15.9 Å². The van der Waals surface area contributed by atoms with Crippen molar-refractivity contribution in [1.29, 1.82) is 0 Å². The van der Waals surface area contributed by atoms with Crippen molar-refractivity contribution in [1.82, 2.24) is 19.9 Å². The van der Waals surface area contributed by atoms with Crippen molar-refractivity contribution in [2.75, 3.05) is 31.6 Å². The molecule has 1 aliphatic rings. The molecule has 3 rings (SSSR count). The van der Waals surface area contributed by atoms with Crippen LogP contribution < -0.4 is 5.32 Å². The zero-order chi connectivity index (χ0) is 19.7. The first-order valence-electron chi connectivity index (χ1n) is 9.56. The first-order chi connectivity index (χ1) is 12.6. The number of rotatable bonds is 6. The zero-order valence-electron chi connectivity index (χ0n) is 16.9. The molecule has 0 amide bonds. The second-order valence-corrected chi connectivity index (χ2v) is 14.4. The monoisotopic (exact) mass is 455 g/mol. The highest BCUT2D eigenvalue weighted by molar-refractivity contribution is 9.10. The van der Waals surface area contributed by atoms with Crippen LogP contribution in [0.3, 0.4) is 0 Å². The van der Waals surface area contributed by atoms with E-state index < -0.39 is 8.32 Å². The summed E-state index contributed by atoms with van der Waals surface area (Å²) in [6, 6.07) is 0.801. The van der Waals surface area contributed by atoms with Crippen molar-refractivity contribution in [3.63, 3.8) is 0 Å². The largest absolute Gasteiger partial charge is 0.416 e. The van der Waals surface area contributed by atoms with E-state index in [1.165, 1.54) is 0 Å². The summed E-state index contributed by atoms with van der Waals surface area (Å²) in [5.74, 6) is 0. The standard InChI is InChI=1S/C18H30BrN5O2Si/c1-18(2,3)27(4,5)25-10-9-24-8-6-7-13(12-24)21-17-23-15-16(26-17)20-11-14(19)22-15/h11,13H,6-10,12H2,1-5H3,(H,21,22,23)/t13-/m1/s1. The lowest BCUT2D eigenvalue weighted by atomic mass is 10.1. The topological polar surface area (TPSA) is 76.3 Å². The van der Waals surface area contributed by atoms with Gasteiger partial charge in [0.05, 0.1) is 6.20 Å². The van der Waals surface area contributed by atoms with Gasteiger partial charge in [0, 0.05) is 25.7 Å². The van der Waals surface area contributed by atoms with E-state index in [0.29, 0.717) is 28.0 Å². The van der Waals surface area contributed by atoms with Crippen LogP contribution in [0.4, 0.5) is 6.01 Å². The van der Waals surface area contributed by atoms with E-state index in [2.05, 4.69) is 75.0 Å². The molecular weight excluding hydrogens is 426 g/mol. The maximum atomic E-state index is 6.33. The number of aromatic nitrogens is 3. The van der Waals surface area contributed by atoms with Crippen LogP contribution in [0.2, 0.25) is 18.1 Å². The predicted molar refractivity (Wildman–Crippen MR) is 114 cm³/mol. The Morgan fingerprint density at radius 1 is 1.37 bits per heavy atom. The van der Waals surface area contributed by atoms with Crippen molar-refractivity contribution in [3.8, 4) is 0 Å². The average molecular weight is 456 g/mol. The van der Waals surface area contributed by atoms with Crippen molar-refractivity contribution in [3.05, 3.63) is 10.8 Å². The van der Waals surface area contributed by atoms with Crippen LogP contribution in [0.15, 0.2) is 15.2 Å². The molecule has 150 valence electrons. The fraction of sp³-hybridized carbons (Fsp3) is 0.722. The molecule has 0 aliphatic carbocycles. The zero-order valence-corrected chi connectivity index (χ0v) is 19.5. The maximum absolute atomic E-state index is 6.33. The summed E-state index contributed by atoms with van der Waals surface area (Å²) in [4.78, 5) is 15.3. The molecule has 1 saturated heterocycles. The van der Waals surface area contributed by atoms with E-state index in [1.807, 2.05) is 0 Å². The van der Waals surface area contributed by atoms with Crippen molar-refractivity contribution in [2.24, 2.45) is 0 Å². The van der Waals surface area contributed by atoms with Crippen molar-refractivity contribution >= 4 is 41.6 Å². The SMILES string of the molecule is CC(C)(C)[Si](C)(C)OCCN1CCC[C@@H](Nc2nc3nc(Br)cnc3o2)C1. The molecule has 3 heterocycles. The lowest BCUT2D eigenvalue weighted by Gasteiger charge is -2.38. The number of fused-ring (bicyclic) bond motifs is 1. The summed E-state index contributed by atoms with van der Waals surface area (Å²) < 4.78 is 12.6. The third-order valence-electron chi connectivity index (χ3n) is 5.60. The second-order valence-electron chi connectivity index (χ2n) is 8.73. The lowest BCUT2D eigenvalue weighted by Crippen LogP contribution is -2.46. The maximum Gasteiger partial charge on any atom is 0.298 e. The Labute approximate surface area is 170 Å². The summed E-state index contributed by atoms with van der Waals surface area (Å²) in [5.41, 5.74) is 0.971. The number of hydrogen-bond donors (Lipinski definition) is 1. The van der Waals surface area contributed by atoms with Gasteiger partial charge in [0.2, 0.25) is 5.65 Å². The van der Waals surface area contributed by atoms with Gasteiger partial charge in [-0.25, -0.2) is 9.97 Å². The molecule has 7 nitrogen and oxygen atoms in total. The van der Waals surface area contributed by atoms with Crippen LogP contribution in [0.5, 0.6) is 0 Å². The van der Waals surface area contributed by atoms with E-state index in [0.717, 1.165) is 39.1 Å². The van der Waals surface area contributed by atoms with Crippen LogP contribution in [-0.2, 0) is 4.43 Å². The fourth-order valence-electron chi connectivity index (χ4n) is 2.96. The third-order valence-corrected chi connectivity index (χ3v) is 10.5. The van der Waals surface area contributed by atoms with Gasteiger partial charge in [0.1, 0.15) is 4.60 Å². The molecule has 0 bridgehead atoms. The van der Waals surface area contributed by atoms with E-state index in [4.69, 9.17) is 8.84 Å². The molecular formula is C18H30BrN5O2Si. The Morgan fingerprint density at radius 3 is 2.89 bits per heavy atom. The molecule has 1 aliphatic heterocycles. The van der Waals surface area contributed by atoms with E-state index in [-0.39, 0.29) is 5.04 Å². The number of likely N-dealkylation sites (tertiary alicyclic amines) is 1. The highest BCUT2D eigenvalue weighted by Crippen LogP contribution is 2.36. The minimum Gasteiger partial charge on any atom is -0.416 e. The van der Waals surface area contributed by atoms with Gasteiger partial charge in [0.25, 0.3) is 11.7 Å². The van der Waals surface area contributed by atoms with E-state index >= 15 is 0 Å². The highest BCUT2D eigenvalue weighted by Gasteiger charge is 2.37. The number of nitrogens with one attached hydrogen (secondary N) is 1. The average Bonchev–Trinajstić information content (AvgIpc) is 2.95. The molecule has 0 unspecified atom stereocenters. The number of piperidine rings is 1. The quantitative estimate of drug-likeness (QED) is 0.651. The van der Waals surface area contributed by atoms with Gasteiger partial charge in [-0.1, -0.05) is 20.8 Å². The Hall–Kier alpha value is -1.03. The number of anilines is 1. The van der Waals surface area contributed by atoms with Gasteiger partial charge < -0.3 is 14.2 Å². The third kappa shape index (κ3) is 5.27. The van der Waals surface area contributed by atoms with Gasteiger partial charge in [-0.2, -0.15) is 4.98 Å². The number of nitrogens with zero attached hydrogens (tertiary/aromatic N) is 4. The summed E-state index contributed by atoms with van der Waals surface area (Å²) >= 11 is 3.31. The van der Waals surface area contributed by atoms with Gasteiger partial charge in [-0.15, -0.1) is 0 Å². The first-order valence-corrected chi connectivity index (χ1v) is 13.3. The molecule has 27 heavy (non-hydrogen) atoms.